The number of nitrogens with zero attached hydrogens (tertiary/aromatic N) is 7. The number of carbonyl (C=O) groups is 1. The van der Waals surface area contributed by atoms with E-state index in [4.69, 9.17) is 16.3 Å². The molecule has 1 N–H and O–H groups in total. The van der Waals surface area contributed by atoms with Gasteiger partial charge in [-0.1, -0.05) is 79.9 Å². The summed E-state index contributed by atoms with van der Waals surface area (Å²) in [6.45, 7) is 1.93. The van der Waals surface area contributed by atoms with Crippen LogP contribution in [0.15, 0.2) is 48.5 Å². The normalized spacial score (nSPS) is 11.6. The van der Waals surface area contributed by atoms with Crippen molar-refractivity contribution in [2.75, 3.05) is 13.2 Å². The number of tetrazole rings is 1. The zero-order valence-corrected chi connectivity index (χ0v) is 25.8. The quantitative estimate of drug-likeness (QED) is 0.0593. The number of hydrogen-bond acceptors (Lipinski definition) is 12. The van der Waals surface area contributed by atoms with E-state index in [1.165, 1.54) is 0 Å². The highest BCUT2D eigenvalue weighted by Gasteiger charge is 2.24. The molecule has 0 unspecified atom stereocenters. The Labute approximate surface area is 268 Å². The number of aromatic amines is 1. The van der Waals surface area contributed by atoms with Crippen LogP contribution in [-0.2, 0) is 27.4 Å². The molecule has 0 aliphatic heterocycles. The predicted octanol–water partition coefficient (Wildman–Crippen LogP) is 5.28. The van der Waals surface area contributed by atoms with Crippen LogP contribution in [0.2, 0.25) is 5.15 Å². The molecule has 0 saturated heterocycles. The highest BCUT2D eigenvalue weighted by Crippen LogP contribution is 2.30. The standard InChI is InChI=1S/C29H33ClN8O8/c1-2-3-12-25-31-27(30)26(29(39)44-17-8-4-5-9-22(46-38(42)43)19-45-37(40)41)36(25)18-20-13-15-21(16-14-20)23-10-6-7-11-24(23)28-32-34-35-33-28/h6-7,10-11,13-16,22H,2-5,8-9,12,17-19H2,1H3,(H,32,33,34,35)/t22-/m1/s1. The van der Waals surface area contributed by atoms with Crippen molar-refractivity contribution in [2.45, 2.75) is 64.5 Å². The van der Waals surface area contributed by atoms with E-state index in [1.54, 1.807) is 4.57 Å². The van der Waals surface area contributed by atoms with Crippen molar-refractivity contribution in [3.05, 3.63) is 91.0 Å². The molecule has 0 saturated carbocycles. The minimum atomic E-state index is -1.08. The second kappa shape index (κ2) is 16.8. The van der Waals surface area contributed by atoms with Gasteiger partial charge < -0.3 is 19.0 Å². The molecule has 2 heterocycles. The number of esters is 1. The van der Waals surface area contributed by atoms with Crippen molar-refractivity contribution in [1.29, 1.82) is 0 Å². The lowest BCUT2D eigenvalue weighted by Crippen LogP contribution is -2.24. The minimum Gasteiger partial charge on any atom is -0.461 e. The Morgan fingerprint density at radius 2 is 1.78 bits per heavy atom. The summed E-state index contributed by atoms with van der Waals surface area (Å²) in [6.07, 6.45) is 2.93. The topological polar surface area (TPSA) is 203 Å². The molecule has 2 aromatic heterocycles. The Balaban J connectivity index is 1.40. The first-order valence-electron chi connectivity index (χ1n) is 14.7. The van der Waals surface area contributed by atoms with Crippen LogP contribution in [0.5, 0.6) is 0 Å². The van der Waals surface area contributed by atoms with E-state index in [0.29, 0.717) is 43.9 Å². The molecule has 4 rings (SSSR count). The van der Waals surface area contributed by atoms with Crippen LogP contribution in [0, 0.1) is 20.2 Å². The van der Waals surface area contributed by atoms with Gasteiger partial charge >= 0.3 is 5.97 Å². The molecule has 244 valence electrons. The third kappa shape index (κ3) is 9.44. The van der Waals surface area contributed by atoms with Crippen molar-refractivity contribution >= 4 is 17.6 Å². The monoisotopic (exact) mass is 656 g/mol. The maximum Gasteiger partial charge on any atom is 0.358 e. The molecule has 0 spiro atoms. The summed E-state index contributed by atoms with van der Waals surface area (Å²) in [7, 11) is 0. The van der Waals surface area contributed by atoms with E-state index in [-0.39, 0.29) is 23.9 Å². The van der Waals surface area contributed by atoms with Crippen molar-refractivity contribution in [3.8, 4) is 22.5 Å². The summed E-state index contributed by atoms with van der Waals surface area (Å²) in [4.78, 5) is 47.3. The number of rotatable bonds is 19. The minimum absolute atomic E-state index is 0.0623. The number of unbranched alkanes of at least 4 members (excludes halogenated alkanes) is 3. The molecule has 1 atom stereocenters. The number of ether oxygens (including phenoxy) is 1. The molecule has 0 amide bonds. The van der Waals surface area contributed by atoms with Gasteiger partial charge in [-0.25, -0.2) is 9.78 Å². The first-order valence-corrected chi connectivity index (χ1v) is 15.1. The molecule has 0 radical (unpaired) electrons. The number of H-pyrrole nitrogens is 1. The average molecular weight is 657 g/mol. The molecule has 17 heteroatoms. The number of imidazole rings is 1. The first kappa shape index (κ1) is 33.8. The van der Waals surface area contributed by atoms with Gasteiger partial charge in [0.25, 0.3) is 10.2 Å². The van der Waals surface area contributed by atoms with Gasteiger partial charge in [0.2, 0.25) is 5.82 Å². The Morgan fingerprint density at radius 3 is 2.46 bits per heavy atom. The lowest BCUT2D eigenvalue weighted by Gasteiger charge is -2.14. The largest absolute Gasteiger partial charge is 0.461 e. The summed E-state index contributed by atoms with van der Waals surface area (Å²) in [5.41, 5.74) is 3.83. The molecule has 0 aliphatic rings. The van der Waals surface area contributed by atoms with E-state index < -0.39 is 28.9 Å². The Hall–Kier alpha value is -5.12. The number of aryl methyl sites for hydroxylation is 1. The molecule has 46 heavy (non-hydrogen) atoms. The second-order valence-electron chi connectivity index (χ2n) is 10.3. The fraction of sp³-hybridized carbons (Fsp3) is 0.414. The van der Waals surface area contributed by atoms with Gasteiger partial charge in [-0.3, -0.25) is 0 Å². The maximum absolute atomic E-state index is 13.2. The van der Waals surface area contributed by atoms with Crippen molar-refractivity contribution in [1.82, 2.24) is 30.2 Å². The highest BCUT2D eigenvalue weighted by molar-refractivity contribution is 6.32. The van der Waals surface area contributed by atoms with Gasteiger partial charge in [-0.05, 0) is 47.6 Å². The molecule has 4 aromatic rings. The third-order valence-electron chi connectivity index (χ3n) is 7.07. The summed E-state index contributed by atoms with van der Waals surface area (Å²) < 4.78 is 7.31. The van der Waals surface area contributed by atoms with Crippen LogP contribution >= 0.6 is 11.6 Å². The summed E-state index contributed by atoms with van der Waals surface area (Å²) in [5, 5.41) is 33.4. The van der Waals surface area contributed by atoms with Crippen LogP contribution in [-0.4, -0.2) is 65.6 Å². The first-order chi connectivity index (χ1) is 22.3. The van der Waals surface area contributed by atoms with Crippen LogP contribution in [0.3, 0.4) is 0 Å². The summed E-state index contributed by atoms with van der Waals surface area (Å²) in [6, 6.07) is 15.7. The number of benzene rings is 2. The van der Waals surface area contributed by atoms with Crippen LogP contribution in [0.4, 0.5) is 0 Å². The zero-order valence-electron chi connectivity index (χ0n) is 25.0. The number of nitrogens with one attached hydrogen (secondary N) is 1. The average Bonchev–Trinajstić information content (AvgIpc) is 3.68. The lowest BCUT2D eigenvalue weighted by molar-refractivity contribution is -0.790. The van der Waals surface area contributed by atoms with Crippen LogP contribution < -0.4 is 0 Å². The number of halogens is 1. The summed E-state index contributed by atoms with van der Waals surface area (Å²) in [5.74, 6) is 0.561. The SMILES string of the molecule is CCCCc1nc(Cl)c(C(=O)OCCCCC[C@H](CO[N+](=O)[O-])O[N+](=O)[O-])n1Cc1ccc(-c2ccccc2-c2nn[nH]n2)cc1. The van der Waals surface area contributed by atoms with Gasteiger partial charge in [0.1, 0.15) is 18.5 Å². The van der Waals surface area contributed by atoms with Gasteiger partial charge in [-0.2, -0.15) is 5.21 Å². The number of carbonyl (C=O) groups excluding carboxylic acids is 1. The highest BCUT2D eigenvalue weighted by atomic mass is 35.5. The molecule has 16 nitrogen and oxygen atoms in total. The van der Waals surface area contributed by atoms with Crippen molar-refractivity contribution in [2.24, 2.45) is 0 Å². The van der Waals surface area contributed by atoms with Gasteiger partial charge in [-0.15, -0.1) is 30.4 Å². The van der Waals surface area contributed by atoms with E-state index >= 15 is 0 Å². The Kier molecular flexibility index (Phi) is 12.3. The maximum atomic E-state index is 13.2. The van der Waals surface area contributed by atoms with Crippen molar-refractivity contribution in [3.63, 3.8) is 0 Å². The van der Waals surface area contributed by atoms with E-state index in [1.807, 2.05) is 48.5 Å². The van der Waals surface area contributed by atoms with E-state index in [9.17, 15) is 25.0 Å². The van der Waals surface area contributed by atoms with Gasteiger partial charge in [0, 0.05) is 18.5 Å². The predicted molar refractivity (Wildman–Crippen MR) is 164 cm³/mol. The van der Waals surface area contributed by atoms with E-state index in [0.717, 1.165) is 35.1 Å². The fourth-order valence-corrected chi connectivity index (χ4v) is 5.13. The third-order valence-corrected chi connectivity index (χ3v) is 7.34. The van der Waals surface area contributed by atoms with Gasteiger partial charge in [0.05, 0.1) is 6.61 Å². The van der Waals surface area contributed by atoms with Crippen molar-refractivity contribution < 1.29 is 29.4 Å². The Morgan fingerprint density at radius 1 is 1.02 bits per heavy atom. The second-order valence-corrected chi connectivity index (χ2v) is 10.6. The summed E-state index contributed by atoms with van der Waals surface area (Å²) >= 11 is 6.47. The molecule has 0 fully saturated rings. The Bertz CT molecular complexity index is 1600. The molecular weight excluding hydrogens is 624 g/mol. The van der Waals surface area contributed by atoms with Crippen LogP contribution in [0.1, 0.15) is 67.3 Å². The zero-order chi connectivity index (χ0) is 32.9. The molecule has 2 aromatic carbocycles. The molecule has 0 aliphatic carbocycles. The molecule has 0 bridgehead atoms. The van der Waals surface area contributed by atoms with Crippen LogP contribution in [0.25, 0.3) is 22.5 Å². The number of hydrogen-bond donors (Lipinski definition) is 1. The van der Waals surface area contributed by atoms with Gasteiger partial charge in [0.15, 0.2) is 10.8 Å². The smallest absolute Gasteiger partial charge is 0.358 e. The fourth-order valence-electron chi connectivity index (χ4n) is 4.85. The molecular formula is C29H33ClN8O8. The lowest BCUT2D eigenvalue weighted by atomic mass is 9.98. The number of aromatic nitrogens is 6. The van der Waals surface area contributed by atoms with E-state index in [2.05, 4.69) is 42.2 Å².